The molecule has 8 heteroatoms. The summed E-state index contributed by atoms with van der Waals surface area (Å²) in [6, 6.07) is 17.6. The normalized spacial score (nSPS) is 10.8. The number of imidazole rings is 1. The summed E-state index contributed by atoms with van der Waals surface area (Å²) in [5.41, 5.74) is 4.22. The molecule has 0 saturated heterocycles. The van der Waals surface area contributed by atoms with Crippen molar-refractivity contribution in [1.29, 1.82) is 0 Å². The van der Waals surface area contributed by atoms with E-state index >= 15 is 0 Å². The molecule has 1 heterocycles. The third-order valence-electron chi connectivity index (χ3n) is 4.58. The first-order valence-corrected chi connectivity index (χ1v) is 10.1. The van der Waals surface area contributed by atoms with Crippen LogP contribution in [-0.4, -0.2) is 28.5 Å². The highest BCUT2D eigenvalue weighted by Gasteiger charge is 2.14. The van der Waals surface area contributed by atoms with Gasteiger partial charge in [-0.25, -0.2) is 9.78 Å². The van der Waals surface area contributed by atoms with E-state index in [1.165, 1.54) is 6.07 Å². The fourth-order valence-electron chi connectivity index (χ4n) is 2.98. The van der Waals surface area contributed by atoms with Crippen molar-refractivity contribution in [2.75, 3.05) is 11.9 Å². The van der Waals surface area contributed by atoms with E-state index in [9.17, 15) is 9.59 Å². The van der Waals surface area contributed by atoms with E-state index in [-0.39, 0.29) is 0 Å². The van der Waals surface area contributed by atoms with E-state index in [1.54, 1.807) is 30.3 Å². The van der Waals surface area contributed by atoms with Gasteiger partial charge in [0.05, 0.1) is 27.3 Å². The molecule has 0 aliphatic heterocycles. The maximum absolute atomic E-state index is 12.4. The standard InChI is InChI=1S/C23H17Cl2N3O3/c1-13-2-4-14(5-3-13)22-27-19-8-6-15(10-20(19)28-22)23(30)31-12-21(29)26-18-9-7-16(24)11-17(18)25/h2-11H,12H2,1H3,(H,26,29)(H,27,28). The summed E-state index contributed by atoms with van der Waals surface area (Å²) in [5.74, 6) is -0.424. The van der Waals surface area contributed by atoms with Gasteiger partial charge in [-0.05, 0) is 43.3 Å². The number of carbonyl (C=O) groups is 2. The summed E-state index contributed by atoms with van der Waals surface area (Å²) in [6.07, 6.45) is 0. The van der Waals surface area contributed by atoms with Crippen molar-refractivity contribution in [3.63, 3.8) is 0 Å². The molecule has 4 rings (SSSR count). The Balaban J connectivity index is 1.42. The minimum Gasteiger partial charge on any atom is -0.452 e. The molecule has 0 aliphatic rings. The Morgan fingerprint density at radius 3 is 2.55 bits per heavy atom. The quantitative estimate of drug-likeness (QED) is 0.382. The first kappa shape index (κ1) is 20.9. The van der Waals surface area contributed by atoms with Gasteiger partial charge in [0.2, 0.25) is 0 Å². The number of halogens is 2. The zero-order valence-electron chi connectivity index (χ0n) is 16.4. The van der Waals surface area contributed by atoms with Crippen molar-refractivity contribution in [1.82, 2.24) is 9.97 Å². The highest BCUT2D eigenvalue weighted by atomic mass is 35.5. The Labute approximate surface area is 188 Å². The zero-order chi connectivity index (χ0) is 22.0. The number of aromatic amines is 1. The Bertz CT molecular complexity index is 1280. The zero-order valence-corrected chi connectivity index (χ0v) is 17.9. The van der Waals surface area contributed by atoms with Gasteiger partial charge in [0, 0.05) is 10.6 Å². The molecular formula is C23H17Cl2N3O3. The Morgan fingerprint density at radius 1 is 1.03 bits per heavy atom. The molecule has 0 spiro atoms. The van der Waals surface area contributed by atoms with Gasteiger partial charge in [-0.3, -0.25) is 4.79 Å². The minimum atomic E-state index is -0.620. The maximum Gasteiger partial charge on any atom is 0.338 e. The van der Waals surface area contributed by atoms with Crippen LogP contribution in [0.2, 0.25) is 10.0 Å². The number of nitrogens with zero attached hydrogens (tertiary/aromatic N) is 1. The number of carbonyl (C=O) groups excluding carboxylic acids is 2. The number of nitrogens with one attached hydrogen (secondary N) is 2. The van der Waals surface area contributed by atoms with Crippen LogP contribution >= 0.6 is 23.2 Å². The first-order chi connectivity index (χ1) is 14.9. The number of aryl methyl sites for hydroxylation is 1. The van der Waals surface area contributed by atoms with Crippen molar-refractivity contribution in [3.8, 4) is 11.4 Å². The van der Waals surface area contributed by atoms with Crippen LogP contribution in [0, 0.1) is 6.92 Å². The Kier molecular flexibility index (Phi) is 5.93. The lowest BCUT2D eigenvalue weighted by molar-refractivity contribution is -0.119. The van der Waals surface area contributed by atoms with Gasteiger partial charge in [0.25, 0.3) is 5.91 Å². The predicted octanol–water partition coefficient (Wildman–Crippen LogP) is 5.64. The summed E-state index contributed by atoms with van der Waals surface area (Å²) in [5, 5.41) is 3.32. The Hall–Kier alpha value is -3.35. The van der Waals surface area contributed by atoms with Crippen molar-refractivity contribution in [2.24, 2.45) is 0 Å². The van der Waals surface area contributed by atoms with E-state index in [4.69, 9.17) is 27.9 Å². The van der Waals surface area contributed by atoms with Crippen LogP contribution in [0.15, 0.2) is 60.7 Å². The molecule has 156 valence electrons. The van der Waals surface area contributed by atoms with Gasteiger partial charge in [0.15, 0.2) is 6.61 Å². The van der Waals surface area contributed by atoms with Gasteiger partial charge < -0.3 is 15.0 Å². The number of hydrogen-bond acceptors (Lipinski definition) is 4. The van der Waals surface area contributed by atoms with E-state index in [1.807, 2.05) is 31.2 Å². The average molecular weight is 454 g/mol. The number of H-pyrrole nitrogens is 1. The molecule has 0 unspecified atom stereocenters. The van der Waals surface area contributed by atoms with Crippen molar-refractivity contribution in [2.45, 2.75) is 6.92 Å². The number of amides is 1. The lowest BCUT2D eigenvalue weighted by Gasteiger charge is -2.08. The molecule has 1 amide bonds. The van der Waals surface area contributed by atoms with Crippen LogP contribution < -0.4 is 5.32 Å². The number of benzene rings is 3. The SMILES string of the molecule is Cc1ccc(-c2nc3ccc(C(=O)OCC(=O)Nc4ccc(Cl)cc4Cl)cc3[nH]2)cc1. The maximum atomic E-state index is 12.4. The summed E-state index contributed by atoms with van der Waals surface area (Å²) in [7, 11) is 0. The fourth-order valence-corrected chi connectivity index (χ4v) is 3.43. The fraction of sp³-hybridized carbons (Fsp3) is 0.0870. The number of esters is 1. The van der Waals surface area contributed by atoms with Crippen molar-refractivity contribution < 1.29 is 14.3 Å². The number of anilines is 1. The van der Waals surface area contributed by atoms with Gasteiger partial charge >= 0.3 is 5.97 Å². The molecule has 2 N–H and O–H groups in total. The second-order valence-corrected chi connectivity index (χ2v) is 7.78. The second-order valence-electron chi connectivity index (χ2n) is 6.93. The van der Waals surface area contributed by atoms with E-state index in [2.05, 4.69) is 15.3 Å². The number of rotatable bonds is 5. The van der Waals surface area contributed by atoms with Crippen LogP contribution in [0.3, 0.4) is 0 Å². The lowest BCUT2D eigenvalue weighted by Crippen LogP contribution is -2.21. The second kappa shape index (κ2) is 8.79. The smallest absolute Gasteiger partial charge is 0.338 e. The van der Waals surface area contributed by atoms with Gasteiger partial charge in [-0.1, -0.05) is 53.0 Å². The highest BCUT2D eigenvalue weighted by molar-refractivity contribution is 6.36. The third kappa shape index (κ3) is 4.87. The first-order valence-electron chi connectivity index (χ1n) is 9.38. The highest BCUT2D eigenvalue weighted by Crippen LogP contribution is 2.25. The molecule has 0 saturated carbocycles. The molecule has 0 aliphatic carbocycles. The molecule has 4 aromatic rings. The minimum absolute atomic E-state index is 0.293. The molecule has 1 aromatic heterocycles. The van der Waals surface area contributed by atoms with Crippen molar-refractivity contribution >= 4 is 51.8 Å². The summed E-state index contributed by atoms with van der Waals surface area (Å²) in [6.45, 7) is 1.57. The molecule has 6 nitrogen and oxygen atoms in total. The van der Waals surface area contributed by atoms with Crippen LogP contribution in [0.4, 0.5) is 5.69 Å². The molecule has 0 bridgehead atoms. The summed E-state index contributed by atoms with van der Waals surface area (Å²) < 4.78 is 5.12. The monoisotopic (exact) mass is 453 g/mol. The van der Waals surface area contributed by atoms with E-state index < -0.39 is 18.5 Å². The number of ether oxygens (including phenoxy) is 1. The number of fused-ring (bicyclic) bond motifs is 1. The van der Waals surface area contributed by atoms with E-state index in [0.717, 1.165) is 16.6 Å². The van der Waals surface area contributed by atoms with Gasteiger partial charge in [0.1, 0.15) is 5.82 Å². The molecule has 0 fully saturated rings. The van der Waals surface area contributed by atoms with Gasteiger partial charge in [-0.2, -0.15) is 0 Å². The molecule has 3 aromatic carbocycles. The lowest BCUT2D eigenvalue weighted by atomic mass is 10.1. The molecular weight excluding hydrogens is 437 g/mol. The van der Waals surface area contributed by atoms with Crippen molar-refractivity contribution in [3.05, 3.63) is 81.8 Å². The van der Waals surface area contributed by atoms with Crippen LogP contribution in [0.1, 0.15) is 15.9 Å². The molecule has 31 heavy (non-hydrogen) atoms. The number of aromatic nitrogens is 2. The van der Waals surface area contributed by atoms with Crippen LogP contribution in [0.5, 0.6) is 0 Å². The van der Waals surface area contributed by atoms with Gasteiger partial charge in [-0.15, -0.1) is 0 Å². The number of hydrogen-bond donors (Lipinski definition) is 2. The van der Waals surface area contributed by atoms with Crippen LogP contribution in [0.25, 0.3) is 22.4 Å². The van der Waals surface area contributed by atoms with Crippen LogP contribution in [-0.2, 0) is 9.53 Å². The topological polar surface area (TPSA) is 84.1 Å². The van der Waals surface area contributed by atoms with E-state index in [0.29, 0.717) is 32.6 Å². The largest absolute Gasteiger partial charge is 0.452 e. The average Bonchev–Trinajstić information content (AvgIpc) is 3.18. The summed E-state index contributed by atoms with van der Waals surface area (Å²) in [4.78, 5) is 32.2. The Morgan fingerprint density at radius 2 is 1.81 bits per heavy atom. The predicted molar refractivity (Wildman–Crippen MR) is 122 cm³/mol. The molecule has 0 radical (unpaired) electrons. The third-order valence-corrected chi connectivity index (χ3v) is 5.13. The summed E-state index contributed by atoms with van der Waals surface area (Å²) >= 11 is 11.9. The molecule has 0 atom stereocenters.